The minimum absolute atomic E-state index is 0.178. The van der Waals surface area contributed by atoms with E-state index in [-0.39, 0.29) is 10.5 Å². The first-order valence-electron chi connectivity index (χ1n) is 10.6. The van der Waals surface area contributed by atoms with Gasteiger partial charge in [0.05, 0.1) is 31.6 Å². The van der Waals surface area contributed by atoms with Crippen molar-refractivity contribution in [1.29, 1.82) is 0 Å². The minimum Gasteiger partial charge on any atom is -0.744 e. The van der Waals surface area contributed by atoms with Gasteiger partial charge in [-0.2, -0.15) is 0 Å². The molecule has 0 saturated carbocycles. The maximum absolute atomic E-state index is 10.4. The Kier molecular flexibility index (Phi) is 12.3. The summed E-state index contributed by atoms with van der Waals surface area (Å²) < 4.78 is 46.7. The normalized spacial score (nSPS) is 14.0. The lowest BCUT2D eigenvalue weighted by atomic mass is 10.2. The van der Waals surface area contributed by atoms with E-state index in [2.05, 4.69) is 74.3 Å². The maximum Gasteiger partial charge on any atom is 0.259 e. The van der Waals surface area contributed by atoms with Gasteiger partial charge in [0.1, 0.15) is 23.3 Å². The van der Waals surface area contributed by atoms with Crippen molar-refractivity contribution < 1.29 is 26.5 Å². The molecule has 182 valence electrons. The molecule has 0 aliphatic carbocycles. The predicted molar refractivity (Wildman–Crippen MR) is 128 cm³/mol. The molecule has 0 saturated heterocycles. The largest absolute Gasteiger partial charge is 0.744 e. The number of likely N-dealkylation sites (N-methyl/N-ethyl adjacent to an activating group) is 1. The van der Waals surface area contributed by atoms with Crippen molar-refractivity contribution in [3.63, 3.8) is 0 Å². The van der Waals surface area contributed by atoms with Crippen molar-refractivity contribution in [2.45, 2.75) is 78.0 Å². The summed E-state index contributed by atoms with van der Waals surface area (Å²) in [6.45, 7) is 18.6. The highest BCUT2D eigenvalue weighted by Gasteiger charge is 2.31. The fraction of sp³-hybridized carbons (Fsp3) is 0.727. The van der Waals surface area contributed by atoms with E-state index >= 15 is 0 Å². The van der Waals surface area contributed by atoms with Gasteiger partial charge in [-0.05, 0) is 67.5 Å². The Balaban J connectivity index is 0.000000683. The maximum atomic E-state index is 10.4. The summed E-state index contributed by atoms with van der Waals surface area (Å²) in [5.74, 6) is 0. The van der Waals surface area contributed by atoms with Gasteiger partial charge in [-0.3, -0.25) is 0 Å². The van der Waals surface area contributed by atoms with Gasteiger partial charge < -0.3 is 18.1 Å². The van der Waals surface area contributed by atoms with E-state index < -0.39 is 18.6 Å². The van der Waals surface area contributed by atoms with Gasteiger partial charge in [0.2, 0.25) is 0 Å². The Bertz CT molecular complexity index is 731. The second-order valence-electron chi connectivity index (χ2n) is 10.1. The van der Waals surface area contributed by atoms with E-state index in [0.29, 0.717) is 12.1 Å². The molecule has 0 spiro atoms. The average molecular weight is 479 g/mol. The van der Waals surface area contributed by atoms with Crippen molar-refractivity contribution in [2.24, 2.45) is 0 Å². The minimum atomic E-state index is -4.27. The Morgan fingerprint density at radius 2 is 1.48 bits per heavy atom. The van der Waals surface area contributed by atoms with Gasteiger partial charge in [-0.15, -0.1) is 0 Å². The molecule has 0 fully saturated rings. The molecule has 7 nitrogen and oxygen atoms in total. The summed E-state index contributed by atoms with van der Waals surface area (Å²) in [6, 6.07) is 6.60. The summed E-state index contributed by atoms with van der Waals surface area (Å²) in [6.07, 6.45) is 0. The number of quaternary nitrogens is 1. The third-order valence-corrected chi connectivity index (χ3v) is 7.13. The van der Waals surface area contributed by atoms with E-state index in [0.717, 1.165) is 23.2 Å². The molecule has 0 radical (unpaired) electrons. The molecule has 0 N–H and O–H groups in total. The van der Waals surface area contributed by atoms with Crippen LogP contribution in [0.5, 0.6) is 0 Å². The molecule has 0 bridgehead atoms. The molecule has 0 aliphatic rings. The Labute approximate surface area is 192 Å². The summed E-state index contributed by atoms with van der Waals surface area (Å²) in [7, 11) is 1.25. The highest BCUT2D eigenvalue weighted by Crippen LogP contribution is 2.48. The monoisotopic (exact) mass is 478 g/mol. The molecular weight excluding hydrogens is 435 g/mol. The molecule has 0 amide bonds. The van der Waals surface area contributed by atoms with Crippen molar-refractivity contribution >= 4 is 18.6 Å². The molecular formula is C22H43N2O5PS. The lowest BCUT2D eigenvalue weighted by Crippen LogP contribution is -2.39. The molecule has 31 heavy (non-hydrogen) atoms. The standard InChI is InChI=1S/C15H36N2O2P.C7H8O3S/c1-13(2)16(14(3)4)20(19-15(5,6)7)18-12-11-17(8,9)10;1-6-2-4-7(5-3-6)11(8,9)10/h13-14H,11-12H2,1-10H3;2-5H,1H3,(H,8,9,10)/q+1;/p-1. The van der Waals surface area contributed by atoms with Crippen molar-refractivity contribution in [1.82, 2.24) is 4.67 Å². The lowest BCUT2D eigenvalue weighted by Gasteiger charge is -2.39. The molecule has 1 unspecified atom stereocenters. The molecule has 0 aromatic heterocycles. The first kappa shape index (κ1) is 30.4. The zero-order chi connectivity index (χ0) is 24.6. The van der Waals surface area contributed by atoms with Crippen LogP contribution in [0.1, 0.15) is 54.0 Å². The van der Waals surface area contributed by atoms with Crippen molar-refractivity contribution in [3.8, 4) is 0 Å². The first-order valence-corrected chi connectivity index (χ1v) is 13.1. The van der Waals surface area contributed by atoms with E-state index in [9.17, 15) is 13.0 Å². The summed E-state index contributed by atoms with van der Waals surface area (Å²) >= 11 is 0. The van der Waals surface area contributed by atoms with Crippen LogP contribution < -0.4 is 0 Å². The van der Waals surface area contributed by atoms with Crippen molar-refractivity contribution in [3.05, 3.63) is 29.8 Å². The van der Waals surface area contributed by atoms with Crippen LogP contribution >= 0.6 is 8.53 Å². The average Bonchev–Trinajstić information content (AvgIpc) is 2.51. The van der Waals surface area contributed by atoms with Crippen LogP contribution in [0.3, 0.4) is 0 Å². The Hall–Kier alpha value is -0.600. The van der Waals surface area contributed by atoms with E-state index in [1.807, 2.05) is 6.92 Å². The number of rotatable bonds is 9. The van der Waals surface area contributed by atoms with Crippen molar-refractivity contribution in [2.75, 3.05) is 34.3 Å². The fourth-order valence-electron chi connectivity index (χ4n) is 2.45. The molecule has 9 heteroatoms. The second kappa shape index (κ2) is 12.6. The number of aryl methyl sites for hydroxylation is 1. The van der Waals surface area contributed by atoms with Gasteiger partial charge in [0, 0.05) is 12.1 Å². The van der Waals surface area contributed by atoms with Gasteiger partial charge >= 0.3 is 0 Å². The van der Waals surface area contributed by atoms with Gasteiger partial charge in [-0.1, -0.05) is 17.7 Å². The predicted octanol–water partition coefficient (Wildman–Crippen LogP) is 4.77. The number of hydrogen-bond acceptors (Lipinski definition) is 6. The SMILES string of the molecule is CC(C)N(C(C)C)P(OCC[N+](C)(C)C)OC(C)(C)C.Cc1ccc(S(=O)(=O)[O-])cc1. The first-order chi connectivity index (χ1) is 13.8. The van der Waals surface area contributed by atoms with Crippen LogP contribution in [0.15, 0.2) is 29.2 Å². The molecule has 0 heterocycles. The quantitative estimate of drug-likeness (QED) is 0.289. The van der Waals surface area contributed by atoms with Crippen LogP contribution in [0, 0.1) is 6.92 Å². The van der Waals surface area contributed by atoms with Crippen LogP contribution in [-0.2, 0) is 19.2 Å². The van der Waals surface area contributed by atoms with E-state index in [4.69, 9.17) is 9.05 Å². The van der Waals surface area contributed by atoms with E-state index in [1.165, 1.54) is 12.1 Å². The number of nitrogens with zero attached hydrogens (tertiary/aromatic N) is 2. The topological polar surface area (TPSA) is 78.9 Å². The summed E-state index contributed by atoms with van der Waals surface area (Å²) in [5.41, 5.74) is 0.738. The Morgan fingerprint density at radius 3 is 1.81 bits per heavy atom. The van der Waals surface area contributed by atoms with Crippen LogP contribution in [0.4, 0.5) is 0 Å². The van der Waals surface area contributed by atoms with Gasteiger partial charge in [0.25, 0.3) is 8.53 Å². The fourth-order valence-corrected chi connectivity index (χ4v) is 4.66. The van der Waals surface area contributed by atoms with E-state index in [1.54, 1.807) is 12.1 Å². The smallest absolute Gasteiger partial charge is 0.259 e. The van der Waals surface area contributed by atoms with Crippen LogP contribution in [0.25, 0.3) is 0 Å². The third kappa shape index (κ3) is 14.2. The molecule has 1 atom stereocenters. The summed E-state index contributed by atoms with van der Waals surface area (Å²) in [4.78, 5) is -0.178. The summed E-state index contributed by atoms with van der Waals surface area (Å²) in [5, 5.41) is 0. The zero-order valence-corrected chi connectivity index (χ0v) is 22.9. The molecule has 0 aliphatic heterocycles. The highest BCUT2D eigenvalue weighted by atomic mass is 32.2. The number of benzene rings is 1. The molecule has 1 rings (SSSR count). The lowest BCUT2D eigenvalue weighted by molar-refractivity contribution is -0.870. The molecule has 1 aromatic carbocycles. The zero-order valence-electron chi connectivity index (χ0n) is 21.2. The Morgan fingerprint density at radius 1 is 1.03 bits per heavy atom. The van der Waals surface area contributed by atoms with Crippen LogP contribution in [0.2, 0.25) is 0 Å². The second-order valence-corrected chi connectivity index (χ2v) is 12.9. The highest BCUT2D eigenvalue weighted by molar-refractivity contribution is 7.85. The number of hydrogen-bond donors (Lipinski definition) is 0. The van der Waals surface area contributed by atoms with Gasteiger partial charge in [-0.25, -0.2) is 13.1 Å². The van der Waals surface area contributed by atoms with Crippen LogP contribution in [-0.4, -0.2) is 74.1 Å². The third-order valence-electron chi connectivity index (χ3n) is 3.87. The van der Waals surface area contributed by atoms with Gasteiger partial charge in [0.15, 0.2) is 0 Å². The molecule has 1 aromatic rings.